The van der Waals surface area contributed by atoms with Crippen LogP contribution >= 0.6 is 0 Å². The molecular weight excluding hydrogens is 530 g/mol. The van der Waals surface area contributed by atoms with Gasteiger partial charge in [0.05, 0.1) is 36.8 Å². The van der Waals surface area contributed by atoms with E-state index < -0.39 is 0 Å². The van der Waals surface area contributed by atoms with Crippen LogP contribution in [-0.2, 0) is 17.8 Å². The van der Waals surface area contributed by atoms with Crippen molar-refractivity contribution in [3.8, 4) is 12.1 Å². The van der Waals surface area contributed by atoms with Crippen molar-refractivity contribution in [3.63, 3.8) is 0 Å². The van der Waals surface area contributed by atoms with Crippen molar-refractivity contribution in [2.75, 3.05) is 62.7 Å². The fourth-order valence-corrected chi connectivity index (χ4v) is 6.71. The number of carbonyl (C=O) groups is 1. The number of rotatable bonds is 7. The number of benzene rings is 1. The molecule has 2 aromatic heterocycles. The number of amides is 1. The Bertz CT molecular complexity index is 1510. The summed E-state index contributed by atoms with van der Waals surface area (Å²) in [5.74, 6) is 0.984. The number of likely N-dealkylation sites (N-methyl/N-ethyl adjacent to an activating group) is 1. The van der Waals surface area contributed by atoms with Crippen LogP contribution in [0.1, 0.15) is 30.5 Å². The summed E-state index contributed by atoms with van der Waals surface area (Å²) in [6.07, 6.45) is 7.14. The summed E-state index contributed by atoms with van der Waals surface area (Å²) < 4.78 is 6.30. The molecule has 4 aliphatic heterocycles. The van der Waals surface area contributed by atoms with Gasteiger partial charge in [0.2, 0.25) is 5.91 Å². The number of pyridine rings is 1. The predicted octanol–water partition coefficient (Wildman–Crippen LogP) is 1.96. The van der Waals surface area contributed by atoms with E-state index in [0.29, 0.717) is 51.3 Å². The number of likely N-dealkylation sites (tertiary alicyclic amines) is 1. The standard InChI is InChI=1S/C31H37N9O2/c1-37-12-3-5-23(37)20-42-31-35-27-19-38(28-6-2-4-21-8-11-33-16-25(21)28)13-9-24(27)29(36-31)39-14-15-40(22(18-39)7-10-32)30(41)26-17-34-26/h2,4,6,8,11,16,22-23,26,34H,3,5,7,9,12-15,17-20H2,1H3/t22-,23-,26-/m0/s1. The number of piperazine rings is 1. The highest BCUT2D eigenvalue weighted by Crippen LogP contribution is 2.35. The van der Waals surface area contributed by atoms with Crippen LogP contribution in [0, 0.1) is 11.3 Å². The molecule has 0 unspecified atom stereocenters. The van der Waals surface area contributed by atoms with Gasteiger partial charge >= 0.3 is 6.01 Å². The molecule has 1 aromatic carbocycles. The monoisotopic (exact) mass is 567 g/mol. The highest BCUT2D eigenvalue weighted by Gasteiger charge is 2.39. The maximum atomic E-state index is 13.0. The predicted molar refractivity (Wildman–Crippen MR) is 159 cm³/mol. The van der Waals surface area contributed by atoms with Gasteiger partial charge in [0.1, 0.15) is 12.4 Å². The van der Waals surface area contributed by atoms with Crippen molar-refractivity contribution in [2.24, 2.45) is 0 Å². The second kappa shape index (κ2) is 11.3. The van der Waals surface area contributed by atoms with Gasteiger partial charge in [-0.1, -0.05) is 12.1 Å². The number of anilines is 2. The summed E-state index contributed by atoms with van der Waals surface area (Å²) in [6, 6.07) is 11.2. The molecule has 6 heterocycles. The van der Waals surface area contributed by atoms with Gasteiger partial charge in [-0.15, -0.1) is 0 Å². The maximum absolute atomic E-state index is 13.0. The molecule has 3 fully saturated rings. The number of nitriles is 1. The van der Waals surface area contributed by atoms with E-state index in [1.54, 1.807) is 0 Å². The molecule has 1 N–H and O–H groups in total. The quantitative estimate of drug-likeness (QED) is 0.424. The lowest BCUT2D eigenvalue weighted by Gasteiger charge is -2.42. The molecule has 3 saturated heterocycles. The summed E-state index contributed by atoms with van der Waals surface area (Å²) in [7, 11) is 2.14. The lowest BCUT2D eigenvalue weighted by atomic mass is 10.0. The van der Waals surface area contributed by atoms with E-state index in [-0.39, 0.29) is 18.0 Å². The Morgan fingerprint density at radius 3 is 2.86 bits per heavy atom. The van der Waals surface area contributed by atoms with Crippen molar-refractivity contribution >= 4 is 28.2 Å². The lowest BCUT2D eigenvalue weighted by Crippen LogP contribution is -2.57. The van der Waals surface area contributed by atoms with Crippen molar-refractivity contribution in [2.45, 2.75) is 50.4 Å². The molecule has 1 amide bonds. The molecule has 0 spiro atoms. The summed E-state index contributed by atoms with van der Waals surface area (Å²) in [4.78, 5) is 36.2. The smallest absolute Gasteiger partial charge is 0.318 e. The van der Waals surface area contributed by atoms with Crippen LogP contribution in [0.5, 0.6) is 6.01 Å². The van der Waals surface area contributed by atoms with E-state index in [1.165, 1.54) is 11.8 Å². The average molecular weight is 568 g/mol. The summed E-state index contributed by atoms with van der Waals surface area (Å²) in [6.45, 7) is 5.63. The van der Waals surface area contributed by atoms with E-state index in [4.69, 9.17) is 14.7 Å². The van der Waals surface area contributed by atoms with Gasteiger partial charge in [0.25, 0.3) is 0 Å². The molecule has 42 heavy (non-hydrogen) atoms. The van der Waals surface area contributed by atoms with E-state index >= 15 is 0 Å². The fraction of sp³-hybridized carbons (Fsp3) is 0.516. The first-order chi connectivity index (χ1) is 20.6. The van der Waals surface area contributed by atoms with Crippen LogP contribution in [0.3, 0.4) is 0 Å². The Morgan fingerprint density at radius 2 is 2.05 bits per heavy atom. The van der Waals surface area contributed by atoms with Crippen LogP contribution < -0.4 is 19.9 Å². The molecule has 3 aromatic rings. The number of ether oxygens (including phenoxy) is 1. The van der Waals surface area contributed by atoms with Gasteiger partial charge in [-0.3, -0.25) is 9.78 Å². The Balaban J connectivity index is 1.20. The SMILES string of the molecule is CN1CCC[C@H]1COc1nc2c(c(N3CCN(C(=O)[C@@H]4CN4)[C@@H](CC#N)C3)n1)CCN(c1cccc3ccncc13)C2. The van der Waals surface area contributed by atoms with Crippen LogP contribution in [-0.4, -0.2) is 102 Å². The third-order valence-corrected chi connectivity index (χ3v) is 9.20. The number of fused-ring (bicyclic) bond motifs is 2. The van der Waals surface area contributed by atoms with Gasteiger partial charge < -0.3 is 29.7 Å². The van der Waals surface area contributed by atoms with E-state index in [2.05, 4.69) is 56.3 Å². The molecular formula is C31H37N9O2. The zero-order valence-corrected chi connectivity index (χ0v) is 24.1. The molecule has 218 valence electrons. The first-order valence-corrected chi connectivity index (χ1v) is 15.1. The van der Waals surface area contributed by atoms with Crippen LogP contribution in [0.4, 0.5) is 11.5 Å². The minimum atomic E-state index is -0.177. The number of carbonyl (C=O) groups excluding carboxylic acids is 1. The molecule has 0 bridgehead atoms. The number of hydrogen-bond donors (Lipinski definition) is 1. The second-order valence-corrected chi connectivity index (χ2v) is 11.8. The van der Waals surface area contributed by atoms with Gasteiger partial charge in [-0.05, 0) is 50.4 Å². The largest absolute Gasteiger partial charge is 0.462 e. The summed E-state index contributed by atoms with van der Waals surface area (Å²) in [5, 5.41) is 15.0. The van der Waals surface area contributed by atoms with E-state index in [0.717, 1.165) is 60.6 Å². The average Bonchev–Trinajstić information content (AvgIpc) is 3.80. The van der Waals surface area contributed by atoms with E-state index in [1.807, 2.05) is 23.4 Å². The highest BCUT2D eigenvalue weighted by molar-refractivity contribution is 5.93. The third-order valence-electron chi connectivity index (χ3n) is 9.20. The van der Waals surface area contributed by atoms with Gasteiger partial charge in [-0.2, -0.15) is 15.2 Å². The maximum Gasteiger partial charge on any atom is 0.318 e. The van der Waals surface area contributed by atoms with Crippen molar-refractivity contribution in [1.29, 1.82) is 5.26 Å². The Morgan fingerprint density at radius 1 is 1.14 bits per heavy atom. The van der Waals surface area contributed by atoms with Crippen LogP contribution in [0.25, 0.3) is 10.8 Å². The summed E-state index contributed by atoms with van der Waals surface area (Å²) >= 11 is 0. The van der Waals surface area contributed by atoms with E-state index in [9.17, 15) is 10.1 Å². The minimum absolute atomic E-state index is 0.101. The van der Waals surface area contributed by atoms with Crippen molar-refractivity contribution in [1.82, 2.24) is 30.1 Å². The minimum Gasteiger partial charge on any atom is -0.462 e. The molecule has 11 nitrogen and oxygen atoms in total. The van der Waals surface area contributed by atoms with Crippen LogP contribution in [0.2, 0.25) is 0 Å². The number of hydrogen-bond acceptors (Lipinski definition) is 10. The van der Waals surface area contributed by atoms with Crippen molar-refractivity contribution < 1.29 is 9.53 Å². The van der Waals surface area contributed by atoms with Gasteiger partial charge in [0, 0.05) is 67.8 Å². The molecule has 11 heteroatoms. The van der Waals surface area contributed by atoms with Crippen molar-refractivity contribution in [3.05, 3.63) is 47.9 Å². The Labute approximate surface area is 246 Å². The molecule has 3 atom stereocenters. The molecule has 0 saturated carbocycles. The Hall–Kier alpha value is -4.01. The summed E-state index contributed by atoms with van der Waals surface area (Å²) in [5.41, 5.74) is 3.25. The zero-order valence-electron chi connectivity index (χ0n) is 24.1. The first-order valence-electron chi connectivity index (χ1n) is 15.1. The topological polar surface area (TPSA) is 124 Å². The van der Waals surface area contributed by atoms with Crippen LogP contribution in [0.15, 0.2) is 36.7 Å². The second-order valence-electron chi connectivity index (χ2n) is 11.8. The zero-order chi connectivity index (χ0) is 28.6. The lowest BCUT2D eigenvalue weighted by molar-refractivity contribution is -0.133. The molecule has 7 rings (SSSR count). The molecule has 0 aliphatic carbocycles. The number of nitrogens with zero attached hydrogens (tertiary/aromatic N) is 8. The molecule has 4 aliphatic rings. The first kappa shape index (κ1) is 26.9. The van der Waals surface area contributed by atoms with Gasteiger partial charge in [-0.25, -0.2) is 0 Å². The highest BCUT2D eigenvalue weighted by atomic mass is 16.5. The third kappa shape index (κ3) is 5.21. The Kier molecular flexibility index (Phi) is 7.25. The number of aromatic nitrogens is 3. The normalized spacial score (nSPS) is 24.0. The fourth-order valence-electron chi connectivity index (χ4n) is 6.71. The molecule has 0 radical (unpaired) electrons. The number of nitrogens with one attached hydrogen (secondary N) is 1. The van der Waals surface area contributed by atoms with Gasteiger partial charge in [0.15, 0.2) is 0 Å².